The Bertz CT molecular complexity index is 416. The first-order valence-electron chi connectivity index (χ1n) is 6.48. The fourth-order valence-electron chi connectivity index (χ4n) is 3.05. The van der Waals surface area contributed by atoms with Gasteiger partial charge in [0.15, 0.2) is 0 Å². The van der Waals surface area contributed by atoms with Gasteiger partial charge in [-0.3, -0.25) is 11.3 Å². The quantitative estimate of drug-likeness (QED) is 0.645. The Kier molecular flexibility index (Phi) is 4.25. The van der Waals surface area contributed by atoms with Crippen molar-refractivity contribution < 1.29 is 4.39 Å². The molecule has 1 unspecified atom stereocenters. The first kappa shape index (κ1) is 13.8. The number of nitrogens with two attached hydrogens (primary N) is 1. The van der Waals surface area contributed by atoms with E-state index in [0.717, 1.165) is 12.8 Å². The minimum Gasteiger partial charge on any atom is -0.271 e. The second-order valence-electron chi connectivity index (χ2n) is 5.48. The Morgan fingerprint density at radius 3 is 2.56 bits per heavy atom. The van der Waals surface area contributed by atoms with Crippen LogP contribution < -0.4 is 11.3 Å². The molecule has 3 N–H and O–H groups in total. The van der Waals surface area contributed by atoms with E-state index in [0.29, 0.717) is 10.6 Å². The summed E-state index contributed by atoms with van der Waals surface area (Å²) in [6.07, 6.45) is 5.78. The van der Waals surface area contributed by atoms with Gasteiger partial charge in [0.2, 0.25) is 0 Å². The normalized spacial score (nSPS) is 20.7. The highest BCUT2D eigenvalue weighted by Gasteiger charge is 2.37. The summed E-state index contributed by atoms with van der Waals surface area (Å²) < 4.78 is 14.0. The lowest BCUT2D eigenvalue weighted by Crippen LogP contribution is -2.41. The van der Waals surface area contributed by atoms with E-state index < -0.39 is 0 Å². The Balaban J connectivity index is 2.32. The summed E-state index contributed by atoms with van der Waals surface area (Å²) >= 11 is 5.79. The third-order valence-corrected chi connectivity index (χ3v) is 4.37. The van der Waals surface area contributed by atoms with E-state index in [1.807, 2.05) is 0 Å². The van der Waals surface area contributed by atoms with Gasteiger partial charge in [0.1, 0.15) is 5.82 Å². The van der Waals surface area contributed by atoms with Crippen molar-refractivity contribution >= 4 is 11.6 Å². The zero-order chi connectivity index (χ0) is 13.2. The Labute approximate surface area is 113 Å². The number of hydrogen-bond donors (Lipinski definition) is 2. The molecule has 0 amide bonds. The standard InChI is InChI=1S/C14H20ClFN2/c1-14(7-3-2-4-8-14)13(18-17)11-6-5-10(15)9-12(11)16/h5-6,9,13,18H,2-4,7-8,17H2,1H3. The molecule has 1 atom stereocenters. The first-order valence-corrected chi connectivity index (χ1v) is 6.86. The largest absolute Gasteiger partial charge is 0.271 e. The lowest BCUT2D eigenvalue weighted by atomic mass is 9.69. The van der Waals surface area contributed by atoms with Gasteiger partial charge in [-0.15, -0.1) is 0 Å². The van der Waals surface area contributed by atoms with Crippen molar-refractivity contribution in [2.24, 2.45) is 11.3 Å². The zero-order valence-electron chi connectivity index (χ0n) is 10.7. The van der Waals surface area contributed by atoms with Crippen LogP contribution in [0.3, 0.4) is 0 Å². The molecule has 100 valence electrons. The molecule has 2 rings (SSSR count). The van der Waals surface area contributed by atoms with E-state index in [1.165, 1.54) is 25.3 Å². The molecule has 1 aromatic rings. The summed E-state index contributed by atoms with van der Waals surface area (Å²) in [5, 5.41) is 0.417. The second kappa shape index (κ2) is 5.55. The van der Waals surface area contributed by atoms with Crippen molar-refractivity contribution in [1.29, 1.82) is 0 Å². The average molecular weight is 271 g/mol. The monoisotopic (exact) mass is 270 g/mol. The molecule has 1 aromatic carbocycles. The highest BCUT2D eigenvalue weighted by Crippen LogP contribution is 2.45. The molecule has 1 saturated carbocycles. The topological polar surface area (TPSA) is 38.0 Å². The maximum absolute atomic E-state index is 14.0. The van der Waals surface area contributed by atoms with Crippen molar-refractivity contribution in [3.8, 4) is 0 Å². The number of rotatable bonds is 3. The molecule has 0 heterocycles. The van der Waals surface area contributed by atoms with Crippen LogP contribution in [-0.2, 0) is 0 Å². The van der Waals surface area contributed by atoms with Crippen molar-refractivity contribution in [3.05, 3.63) is 34.6 Å². The van der Waals surface area contributed by atoms with Gasteiger partial charge in [-0.05, 0) is 30.4 Å². The van der Waals surface area contributed by atoms with Gasteiger partial charge in [-0.2, -0.15) is 0 Å². The van der Waals surface area contributed by atoms with Crippen LogP contribution in [0.25, 0.3) is 0 Å². The Morgan fingerprint density at radius 2 is 2.00 bits per heavy atom. The molecule has 4 heteroatoms. The van der Waals surface area contributed by atoms with Crippen molar-refractivity contribution in [3.63, 3.8) is 0 Å². The molecule has 0 bridgehead atoms. The van der Waals surface area contributed by atoms with E-state index in [-0.39, 0.29) is 17.3 Å². The summed E-state index contributed by atoms with van der Waals surface area (Å²) in [6.45, 7) is 2.19. The number of halogens is 2. The number of hydrogen-bond acceptors (Lipinski definition) is 2. The third kappa shape index (κ3) is 2.68. The van der Waals surface area contributed by atoms with Gasteiger partial charge in [-0.25, -0.2) is 4.39 Å². The van der Waals surface area contributed by atoms with Crippen LogP contribution >= 0.6 is 11.6 Å². The summed E-state index contributed by atoms with van der Waals surface area (Å²) in [5.74, 6) is 5.40. The maximum Gasteiger partial charge on any atom is 0.129 e. The highest BCUT2D eigenvalue weighted by molar-refractivity contribution is 6.30. The molecule has 18 heavy (non-hydrogen) atoms. The highest BCUT2D eigenvalue weighted by atomic mass is 35.5. The third-order valence-electron chi connectivity index (χ3n) is 4.13. The number of nitrogens with one attached hydrogen (secondary N) is 1. The van der Waals surface area contributed by atoms with Crippen molar-refractivity contribution in [1.82, 2.24) is 5.43 Å². The van der Waals surface area contributed by atoms with E-state index >= 15 is 0 Å². The van der Waals surface area contributed by atoms with Crippen LogP contribution in [0.15, 0.2) is 18.2 Å². The van der Waals surface area contributed by atoms with Gasteiger partial charge >= 0.3 is 0 Å². The summed E-state index contributed by atoms with van der Waals surface area (Å²) in [4.78, 5) is 0. The van der Waals surface area contributed by atoms with Crippen LogP contribution in [0.5, 0.6) is 0 Å². The molecule has 0 spiro atoms. The minimum atomic E-state index is -0.280. The van der Waals surface area contributed by atoms with Crippen LogP contribution in [0.1, 0.15) is 50.6 Å². The van der Waals surface area contributed by atoms with Gasteiger partial charge in [-0.1, -0.05) is 43.9 Å². The lowest BCUT2D eigenvalue weighted by molar-refractivity contribution is 0.142. The lowest BCUT2D eigenvalue weighted by Gasteiger charge is -2.40. The molecule has 2 nitrogen and oxygen atoms in total. The number of benzene rings is 1. The summed E-state index contributed by atoms with van der Waals surface area (Å²) in [7, 11) is 0. The minimum absolute atomic E-state index is 0.0155. The fraction of sp³-hybridized carbons (Fsp3) is 0.571. The Hall–Kier alpha value is -0.640. The van der Waals surface area contributed by atoms with E-state index in [9.17, 15) is 4.39 Å². The summed E-state index contributed by atoms with van der Waals surface area (Å²) in [5.41, 5.74) is 3.44. The van der Waals surface area contributed by atoms with Gasteiger partial charge in [0.25, 0.3) is 0 Å². The predicted octanol–water partition coefficient (Wildman–Crippen LogP) is 3.95. The van der Waals surface area contributed by atoms with Crippen LogP contribution in [0.2, 0.25) is 5.02 Å². The van der Waals surface area contributed by atoms with E-state index in [4.69, 9.17) is 17.4 Å². The van der Waals surface area contributed by atoms with E-state index in [1.54, 1.807) is 12.1 Å². The number of hydrazine groups is 1. The zero-order valence-corrected chi connectivity index (χ0v) is 11.4. The van der Waals surface area contributed by atoms with Crippen LogP contribution in [-0.4, -0.2) is 0 Å². The SMILES string of the molecule is CC1(C(NN)c2ccc(Cl)cc2F)CCCCC1. The smallest absolute Gasteiger partial charge is 0.129 e. The molecule has 0 aliphatic heterocycles. The van der Waals surface area contributed by atoms with Crippen molar-refractivity contribution in [2.75, 3.05) is 0 Å². The predicted molar refractivity (Wildman–Crippen MR) is 72.7 cm³/mol. The van der Waals surface area contributed by atoms with Gasteiger partial charge in [0, 0.05) is 10.6 Å². The average Bonchev–Trinajstić information content (AvgIpc) is 2.33. The van der Waals surface area contributed by atoms with Crippen molar-refractivity contribution in [2.45, 2.75) is 45.1 Å². The molecular weight excluding hydrogens is 251 g/mol. The fourth-order valence-corrected chi connectivity index (χ4v) is 3.21. The molecule has 0 radical (unpaired) electrons. The van der Waals surface area contributed by atoms with Crippen LogP contribution in [0, 0.1) is 11.2 Å². The molecular formula is C14H20ClFN2. The molecule has 1 fully saturated rings. The summed E-state index contributed by atoms with van der Waals surface area (Å²) in [6, 6.07) is 4.65. The molecule has 1 aliphatic rings. The second-order valence-corrected chi connectivity index (χ2v) is 5.92. The first-order chi connectivity index (χ1) is 8.57. The van der Waals surface area contributed by atoms with Gasteiger partial charge in [0.05, 0.1) is 6.04 Å². The molecule has 1 aliphatic carbocycles. The molecule has 0 saturated heterocycles. The van der Waals surface area contributed by atoms with Crippen LogP contribution in [0.4, 0.5) is 4.39 Å². The Morgan fingerprint density at radius 1 is 1.33 bits per heavy atom. The van der Waals surface area contributed by atoms with Gasteiger partial charge < -0.3 is 0 Å². The maximum atomic E-state index is 14.0. The van der Waals surface area contributed by atoms with E-state index in [2.05, 4.69) is 12.3 Å². The molecule has 0 aromatic heterocycles.